The number of nitrogens with one attached hydrogen (secondary N) is 1. The summed E-state index contributed by atoms with van der Waals surface area (Å²) in [6.45, 7) is 1.32. The van der Waals surface area contributed by atoms with Crippen LogP contribution in [0.15, 0.2) is 76.6 Å². The molecule has 1 aromatic heterocycles. The van der Waals surface area contributed by atoms with Crippen molar-refractivity contribution in [3.63, 3.8) is 0 Å². The fraction of sp³-hybridized carbons (Fsp3) is 0.194. The summed E-state index contributed by atoms with van der Waals surface area (Å²) in [4.78, 5) is 19.4. The average Bonchev–Trinajstić information content (AvgIpc) is 3.41. The number of hydrogen-bond donors (Lipinski definition) is 1. The van der Waals surface area contributed by atoms with Crippen molar-refractivity contribution < 1.29 is 44.7 Å². The SMILES string of the molecule is CONC(=C1CSc2c(Cc3c(F)cccc3C(F)(F)F)c(C)c(-c3cccc(OC(F)(F)F)c3F)c(=O)n21)c1ccccc1. The fourth-order valence-corrected chi connectivity index (χ4v) is 6.47. The molecule has 5 nitrogen and oxygen atoms in total. The Kier molecular flexibility index (Phi) is 8.73. The number of thioether (sulfide) groups is 1. The lowest BCUT2D eigenvalue weighted by atomic mass is 9.92. The van der Waals surface area contributed by atoms with Crippen LogP contribution in [0.4, 0.5) is 35.1 Å². The second kappa shape index (κ2) is 12.2. The Bertz CT molecular complexity index is 1850. The number of ether oxygens (including phenoxy) is 1. The van der Waals surface area contributed by atoms with E-state index < -0.39 is 64.2 Å². The Morgan fingerprint density at radius 2 is 1.62 bits per heavy atom. The number of hydroxylamine groups is 1. The van der Waals surface area contributed by atoms with Gasteiger partial charge in [0, 0.05) is 28.9 Å². The molecule has 0 fully saturated rings. The third kappa shape index (κ3) is 6.29. The molecule has 14 heteroatoms. The summed E-state index contributed by atoms with van der Waals surface area (Å²) in [5, 5.41) is 0.155. The van der Waals surface area contributed by atoms with Gasteiger partial charge in [-0.25, -0.2) is 8.78 Å². The van der Waals surface area contributed by atoms with Crippen molar-refractivity contribution >= 4 is 23.2 Å². The molecule has 1 N–H and O–H groups in total. The molecule has 0 saturated carbocycles. The third-order valence-corrected chi connectivity index (χ3v) is 8.23. The van der Waals surface area contributed by atoms with Gasteiger partial charge in [0.1, 0.15) is 5.82 Å². The summed E-state index contributed by atoms with van der Waals surface area (Å²) in [6, 6.07) is 13.9. The molecule has 45 heavy (non-hydrogen) atoms. The van der Waals surface area contributed by atoms with E-state index in [1.807, 2.05) is 0 Å². The number of aromatic nitrogens is 1. The highest BCUT2D eigenvalue weighted by molar-refractivity contribution is 8.00. The first-order chi connectivity index (χ1) is 21.2. The molecule has 0 amide bonds. The van der Waals surface area contributed by atoms with Crippen LogP contribution < -0.4 is 15.8 Å². The van der Waals surface area contributed by atoms with Crippen molar-refractivity contribution in [2.24, 2.45) is 0 Å². The van der Waals surface area contributed by atoms with Crippen LogP contribution in [0.25, 0.3) is 22.5 Å². The summed E-state index contributed by atoms with van der Waals surface area (Å²) < 4.78 is 117. The minimum Gasteiger partial charge on any atom is -0.403 e. The molecule has 2 heterocycles. The highest BCUT2D eigenvalue weighted by atomic mass is 32.2. The lowest BCUT2D eigenvalue weighted by molar-refractivity contribution is -0.275. The zero-order chi connectivity index (χ0) is 32.7. The maximum atomic E-state index is 15.7. The zero-order valence-electron chi connectivity index (χ0n) is 23.4. The molecule has 0 radical (unpaired) electrons. The first-order valence-corrected chi connectivity index (χ1v) is 14.1. The van der Waals surface area contributed by atoms with Crippen molar-refractivity contribution in [3.05, 3.63) is 117 Å². The van der Waals surface area contributed by atoms with Gasteiger partial charge in [0.05, 0.1) is 34.7 Å². The Labute approximate surface area is 255 Å². The summed E-state index contributed by atoms with van der Waals surface area (Å²) in [6.07, 6.45) is -10.9. The molecule has 0 unspecified atom stereocenters. The van der Waals surface area contributed by atoms with Crippen molar-refractivity contribution in [2.75, 3.05) is 12.9 Å². The van der Waals surface area contributed by atoms with Gasteiger partial charge in [-0.05, 0) is 36.2 Å². The lowest BCUT2D eigenvalue weighted by Gasteiger charge is -2.21. The average molecular weight is 655 g/mol. The summed E-state index contributed by atoms with van der Waals surface area (Å²) >= 11 is 1.08. The van der Waals surface area contributed by atoms with Crippen LogP contribution in [-0.2, 0) is 17.4 Å². The molecule has 5 rings (SSSR count). The molecule has 3 aromatic carbocycles. The standard InChI is InChI=1S/C31H22F8N2O3S/c1-16-19(14-20-21(30(34,35)36)11-7-12-22(20)32)29-41(23(15-45-29)27(40-43-2)17-8-4-3-5-9-17)28(42)25(16)18-10-6-13-24(26(18)33)44-31(37,38)39/h3-13,40H,14-15H2,1-2H3. The van der Waals surface area contributed by atoms with Crippen LogP contribution in [0, 0.1) is 18.6 Å². The van der Waals surface area contributed by atoms with E-state index in [1.165, 1.54) is 14.0 Å². The second-order valence-corrected chi connectivity index (χ2v) is 10.8. The van der Waals surface area contributed by atoms with Gasteiger partial charge in [-0.2, -0.15) is 13.2 Å². The first kappa shape index (κ1) is 32.1. The summed E-state index contributed by atoms with van der Waals surface area (Å²) in [5.74, 6) is -3.81. The van der Waals surface area contributed by atoms with Crippen LogP contribution in [0.1, 0.15) is 27.8 Å². The Morgan fingerprint density at radius 3 is 2.27 bits per heavy atom. The van der Waals surface area contributed by atoms with Crippen LogP contribution in [0.2, 0.25) is 0 Å². The van der Waals surface area contributed by atoms with E-state index in [1.54, 1.807) is 30.3 Å². The number of halogens is 8. The number of hydrogen-bond acceptors (Lipinski definition) is 5. The van der Waals surface area contributed by atoms with Crippen LogP contribution in [0.3, 0.4) is 0 Å². The van der Waals surface area contributed by atoms with Crippen molar-refractivity contribution in [1.82, 2.24) is 10.0 Å². The summed E-state index contributed by atoms with van der Waals surface area (Å²) in [5.41, 5.74) is -0.0161. The van der Waals surface area contributed by atoms with Gasteiger partial charge in [-0.3, -0.25) is 19.7 Å². The van der Waals surface area contributed by atoms with Gasteiger partial charge in [0.15, 0.2) is 11.6 Å². The predicted octanol–water partition coefficient (Wildman–Crippen LogP) is 8.19. The number of fused-ring (bicyclic) bond motifs is 1. The molecule has 0 spiro atoms. The normalized spacial score (nSPS) is 14.4. The molecule has 0 saturated heterocycles. The van der Waals surface area contributed by atoms with E-state index in [4.69, 9.17) is 4.84 Å². The maximum Gasteiger partial charge on any atom is 0.573 e. The fourth-order valence-electron chi connectivity index (χ4n) is 5.20. The smallest absolute Gasteiger partial charge is 0.403 e. The lowest BCUT2D eigenvalue weighted by Crippen LogP contribution is -2.26. The molecular formula is C31H22F8N2O3S. The van der Waals surface area contributed by atoms with E-state index in [-0.39, 0.29) is 27.6 Å². The van der Waals surface area contributed by atoms with Crippen molar-refractivity contribution in [3.8, 4) is 16.9 Å². The van der Waals surface area contributed by atoms with E-state index in [2.05, 4.69) is 10.2 Å². The molecule has 1 aliphatic heterocycles. The molecule has 236 valence electrons. The highest BCUT2D eigenvalue weighted by Gasteiger charge is 2.37. The topological polar surface area (TPSA) is 52.5 Å². The number of benzene rings is 3. The second-order valence-electron chi connectivity index (χ2n) is 9.81. The van der Waals surface area contributed by atoms with E-state index >= 15 is 8.78 Å². The molecule has 0 bridgehead atoms. The predicted molar refractivity (Wildman–Crippen MR) is 152 cm³/mol. The van der Waals surface area contributed by atoms with E-state index in [0.717, 1.165) is 52.7 Å². The summed E-state index contributed by atoms with van der Waals surface area (Å²) in [7, 11) is 1.32. The zero-order valence-corrected chi connectivity index (χ0v) is 24.2. The quantitative estimate of drug-likeness (QED) is 0.161. The van der Waals surface area contributed by atoms with Gasteiger partial charge in [-0.1, -0.05) is 48.5 Å². The molecular weight excluding hydrogens is 632 g/mol. The number of alkyl halides is 6. The van der Waals surface area contributed by atoms with Gasteiger partial charge >= 0.3 is 12.5 Å². The van der Waals surface area contributed by atoms with Gasteiger partial charge in [0.25, 0.3) is 5.56 Å². The largest absolute Gasteiger partial charge is 0.573 e. The maximum absolute atomic E-state index is 15.7. The monoisotopic (exact) mass is 654 g/mol. The Balaban J connectivity index is 1.86. The molecule has 1 aliphatic rings. The molecule has 4 aromatic rings. The van der Waals surface area contributed by atoms with Crippen molar-refractivity contribution in [2.45, 2.75) is 30.9 Å². The first-order valence-electron chi connectivity index (χ1n) is 13.1. The highest BCUT2D eigenvalue weighted by Crippen LogP contribution is 2.43. The molecule has 0 aliphatic carbocycles. The number of nitrogens with zero attached hydrogens (tertiary/aromatic N) is 1. The van der Waals surface area contributed by atoms with Gasteiger partial charge in [0.2, 0.25) is 0 Å². The Hall–Kier alpha value is -4.30. The van der Waals surface area contributed by atoms with E-state index in [9.17, 15) is 31.1 Å². The Morgan fingerprint density at radius 1 is 0.933 bits per heavy atom. The third-order valence-electron chi connectivity index (χ3n) is 7.11. The van der Waals surface area contributed by atoms with Gasteiger partial charge in [-0.15, -0.1) is 24.9 Å². The molecule has 0 atom stereocenters. The van der Waals surface area contributed by atoms with Crippen LogP contribution in [-0.4, -0.2) is 23.8 Å². The van der Waals surface area contributed by atoms with Crippen LogP contribution in [0.5, 0.6) is 5.75 Å². The van der Waals surface area contributed by atoms with Crippen molar-refractivity contribution in [1.29, 1.82) is 0 Å². The number of pyridine rings is 1. The minimum atomic E-state index is -5.26. The van der Waals surface area contributed by atoms with E-state index in [0.29, 0.717) is 11.3 Å². The van der Waals surface area contributed by atoms with Gasteiger partial charge < -0.3 is 4.74 Å². The van der Waals surface area contributed by atoms with Crippen LogP contribution >= 0.6 is 11.8 Å². The number of rotatable bonds is 7. The minimum absolute atomic E-state index is 0.0413.